The van der Waals surface area contributed by atoms with Crippen molar-refractivity contribution in [2.75, 3.05) is 40.5 Å². The summed E-state index contributed by atoms with van der Waals surface area (Å²) >= 11 is 0. The Labute approximate surface area is 114 Å². The Bertz CT molecular complexity index is 283. The van der Waals surface area contributed by atoms with E-state index in [1.807, 2.05) is 0 Å². The first kappa shape index (κ1) is 17.9. The fourth-order valence-corrected chi connectivity index (χ4v) is 1.76. The van der Waals surface area contributed by atoms with Crippen LogP contribution >= 0.6 is 0 Å². The highest BCUT2D eigenvalue weighted by Gasteiger charge is 2.27. The van der Waals surface area contributed by atoms with Gasteiger partial charge in [0.2, 0.25) is 5.91 Å². The smallest absolute Gasteiger partial charge is 0.303 e. The second kappa shape index (κ2) is 8.87. The van der Waals surface area contributed by atoms with E-state index in [1.165, 1.54) is 0 Å². The first-order valence-corrected chi connectivity index (χ1v) is 6.30. The third-order valence-corrected chi connectivity index (χ3v) is 2.74. The van der Waals surface area contributed by atoms with Crippen molar-refractivity contribution < 1.29 is 24.2 Å². The summed E-state index contributed by atoms with van der Waals surface area (Å²) in [5.74, 6) is -0.960. The number of amides is 1. The first-order chi connectivity index (χ1) is 8.82. The van der Waals surface area contributed by atoms with Gasteiger partial charge >= 0.3 is 5.97 Å². The molecule has 0 aromatic rings. The van der Waals surface area contributed by atoms with Crippen LogP contribution in [0.3, 0.4) is 0 Å². The molecule has 0 aliphatic rings. The molecule has 0 aromatic heterocycles. The molecular weight excluding hydrogens is 250 g/mol. The van der Waals surface area contributed by atoms with Crippen molar-refractivity contribution in [3.05, 3.63) is 0 Å². The standard InChI is InChI=1S/C13H25NO5/c1-13(2,10-12(16)17)9-11(15)14(5-7-18-3)6-8-19-4/h5-10H2,1-4H3,(H,16,17). The molecular formula is C13H25NO5. The SMILES string of the molecule is COCCN(CCOC)C(=O)CC(C)(C)CC(=O)O. The lowest BCUT2D eigenvalue weighted by Gasteiger charge is -2.28. The first-order valence-electron chi connectivity index (χ1n) is 6.30. The lowest BCUT2D eigenvalue weighted by atomic mass is 9.85. The van der Waals surface area contributed by atoms with Gasteiger partial charge < -0.3 is 19.5 Å². The summed E-state index contributed by atoms with van der Waals surface area (Å²) in [6.07, 6.45) is 0.174. The second-order valence-corrected chi connectivity index (χ2v) is 5.28. The highest BCUT2D eigenvalue weighted by molar-refractivity contribution is 5.78. The van der Waals surface area contributed by atoms with Gasteiger partial charge in [-0.25, -0.2) is 0 Å². The summed E-state index contributed by atoms with van der Waals surface area (Å²) in [5.41, 5.74) is -0.554. The summed E-state index contributed by atoms with van der Waals surface area (Å²) in [5, 5.41) is 8.82. The molecule has 0 aromatic carbocycles. The van der Waals surface area contributed by atoms with E-state index in [-0.39, 0.29) is 18.7 Å². The van der Waals surface area contributed by atoms with Crippen LogP contribution in [0.1, 0.15) is 26.7 Å². The van der Waals surface area contributed by atoms with Gasteiger partial charge in [0.15, 0.2) is 0 Å². The minimum absolute atomic E-state index is 0.0267. The molecule has 6 nitrogen and oxygen atoms in total. The molecule has 0 unspecified atom stereocenters. The molecule has 19 heavy (non-hydrogen) atoms. The van der Waals surface area contributed by atoms with Crippen LogP contribution in [0, 0.1) is 5.41 Å². The number of aliphatic carboxylic acids is 1. The van der Waals surface area contributed by atoms with Gasteiger partial charge in [0.05, 0.1) is 19.6 Å². The van der Waals surface area contributed by atoms with Crippen molar-refractivity contribution in [1.29, 1.82) is 0 Å². The van der Waals surface area contributed by atoms with Gasteiger partial charge in [-0.3, -0.25) is 9.59 Å². The van der Waals surface area contributed by atoms with E-state index >= 15 is 0 Å². The van der Waals surface area contributed by atoms with Gasteiger partial charge in [-0.05, 0) is 5.41 Å². The van der Waals surface area contributed by atoms with E-state index in [2.05, 4.69) is 0 Å². The van der Waals surface area contributed by atoms with Crippen LogP contribution in [0.2, 0.25) is 0 Å². The van der Waals surface area contributed by atoms with Gasteiger partial charge in [-0.15, -0.1) is 0 Å². The lowest BCUT2D eigenvalue weighted by Crippen LogP contribution is -2.39. The van der Waals surface area contributed by atoms with Crippen LogP contribution < -0.4 is 0 Å². The normalized spacial score (nSPS) is 11.4. The average Bonchev–Trinajstić information content (AvgIpc) is 2.26. The second-order valence-electron chi connectivity index (χ2n) is 5.28. The zero-order valence-electron chi connectivity index (χ0n) is 12.3. The summed E-state index contributed by atoms with van der Waals surface area (Å²) in [4.78, 5) is 24.6. The lowest BCUT2D eigenvalue weighted by molar-refractivity contribution is -0.141. The van der Waals surface area contributed by atoms with E-state index in [0.29, 0.717) is 26.3 Å². The van der Waals surface area contributed by atoms with Gasteiger partial charge in [-0.1, -0.05) is 13.8 Å². The number of hydrogen-bond acceptors (Lipinski definition) is 4. The van der Waals surface area contributed by atoms with Crippen LogP contribution in [0.15, 0.2) is 0 Å². The molecule has 0 spiro atoms. The molecule has 0 radical (unpaired) electrons. The predicted octanol–water partition coefficient (Wildman–Crippen LogP) is 0.999. The zero-order valence-corrected chi connectivity index (χ0v) is 12.3. The van der Waals surface area contributed by atoms with E-state index in [4.69, 9.17) is 14.6 Å². The largest absolute Gasteiger partial charge is 0.481 e. The molecule has 0 heterocycles. The maximum atomic E-state index is 12.2. The Morgan fingerprint density at radius 2 is 1.53 bits per heavy atom. The number of carbonyl (C=O) groups excluding carboxylic acids is 1. The maximum Gasteiger partial charge on any atom is 0.303 e. The van der Waals surface area contributed by atoms with Gasteiger partial charge in [-0.2, -0.15) is 0 Å². The number of hydrogen-bond donors (Lipinski definition) is 1. The zero-order chi connectivity index (χ0) is 14.9. The number of ether oxygens (including phenoxy) is 2. The molecule has 6 heteroatoms. The fourth-order valence-electron chi connectivity index (χ4n) is 1.76. The van der Waals surface area contributed by atoms with E-state index in [0.717, 1.165) is 0 Å². The van der Waals surface area contributed by atoms with Crippen molar-refractivity contribution in [2.24, 2.45) is 5.41 Å². The summed E-state index contributed by atoms with van der Waals surface area (Å²) in [6, 6.07) is 0. The molecule has 0 saturated heterocycles. The Kier molecular flexibility index (Phi) is 8.34. The Balaban J connectivity index is 4.47. The minimum atomic E-state index is -0.891. The minimum Gasteiger partial charge on any atom is -0.481 e. The Morgan fingerprint density at radius 3 is 1.89 bits per heavy atom. The summed E-state index contributed by atoms with van der Waals surface area (Å²) in [6.45, 7) is 5.45. The number of carbonyl (C=O) groups is 2. The fraction of sp³-hybridized carbons (Fsp3) is 0.846. The molecule has 1 amide bonds. The van der Waals surface area contributed by atoms with E-state index in [1.54, 1.807) is 33.0 Å². The topological polar surface area (TPSA) is 76.1 Å². The quantitative estimate of drug-likeness (QED) is 0.643. The third-order valence-electron chi connectivity index (χ3n) is 2.74. The number of rotatable bonds is 10. The van der Waals surface area contributed by atoms with Crippen molar-refractivity contribution >= 4 is 11.9 Å². The Hall–Kier alpha value is -1.14. The molecule has 0 bridgehead atoms. The molecule has 0 fully saturated rings. The molecule has 0 aliphatic heterocycles. The van der Waals surface area contributed by atoms with Gasteiger partial charge in [0.1, 0.15) is 0 Å². The van der Waals surface area contributed by atoms with Crippen molar-refractivity contribution in [3.8, 4) is 0 Å². The molecule has 0 rings (SSSR count). The van der Waals surface area contributed by atoms with Crippen LogP contribution in [0.25, 0.3) is 0 Å². The van der Waals surface area contributed by atoms with Crippen molar-refractivity contribution in [2.45, 2.75) is 26.7 Å². The maximum absolute atomic E-state index is 12.2. The molecule has 0 atom stereocenters. The Morgan fingerprint density at radius 1 is 1.05 bits per heavy atom. The number of nitrogens with zero attached hydrogens (tertiary/aromatic N) is 1. The summed E-state index contributed by atoms with van der Waals surface area (Å²) < 4.78 is 9.94. The van der Waals surface area contributed by atoms with E-state index in [9.17, 15) is 9.59 Å². The highest BCUT2D eigenvalue weighted by Crippen LogP contribution is 2.25. The molecule has 1 N–H and O–H groups in total. The molecule has 0 aliphatic carbocycles. The monoisotopic (exact) mass is 275 g/mol. The van der Waals surface area contributed by atoms with Crippen LogP contribution in [0.4, 0.5) is 0 Å². The molecule has 112 valence electrons. The van der Waals surface area contributed by atoms with Crippen molar-refractivity contribution in [1.82, 2.24) is 4.90 Å². The summed E-state index contributed by atoms with van der Waals surface area (Å²) in [7, 11) is 3.15. The number of carboxylic acids is 1. The highest BCUT2D eigenvalue weighted by atomic mass is 16.5. The van der Waals surface area contributed by atoms with Gasteiger partial charge in [0.25, 0.3) is 0 Å². The average molecular weight is 275 g/mol. The number of carboxylic acid groups (broad SMARTS) is 1. The van der Waals surface area contributed by atoms with Crippen LogP contribution in [-0.4, -0.2) is 62.4 Å². The van der Waals surface area contributed by atoms with Crippen molar-refractivity contribution in [3.63, 3.8) is 0 Å². The van der Waals surface area contributed by atoms with Gasteiger partial charge in [0, 0.05) is 33.7 Å². The van der Waals surface area contributed by atoms with Crippen LogP contribution in [0.5, 0.6) is 0 Å². The van der Waals surface area contributed by atoms with E-state index < -0.39 is 11.4 Å². The predicted molar refractivity (Wildman–Crippen MR) is 71.0 cm³/mol. The number of methoxy groups -OCH3 is 2. The molecule has 0 saturated carbocycles. The van der Waals surface area contributed by atoms with Crippen LogP contribution in [-0.2, 0) is 19.1 Å². The third kappa shape index (κ3) is 8.56.